The van der Waals surface area contributed by atoms with Gasteiger partial charge in [0.25, 0.3) is 5.91 Å². The van der Waals surface area contributed by atoms with Crippen LogP contribution >= 0.6 is 35.6 Å². The summed E-state index contributed by atoms with van der Waals surface area (Å²) in [5.74, 6) is 1.46. The lowest BCUT2D eigenvalue weighted by molar-refractivity contribution is 0.0954. The Kier molecular flexibility index (Phi) is 11.5. The first kappa shape index (κ1) is 25.0. The first-order valence-corrected chi connectivity index (χ1v) is 9.53. The predicted molar refractivity (Wildman–Crippen MR) is 130 cm³/mol. The molecule has 6 nitrogen and oxygen atoms in total. The molecule has 0 unspecified atom stereocenters. The monoisotopic (exact) mass is 530 g/mol. The highest BCUT2D eigenvalue weighted by atomic mass is 127. The highest BCUT2D eigenvalue weighted by Crippen LogP contribution is 2.18. The number of ether oxygens (including phenoxy) is 1. The second-order valence-corrected chi connectivity index (χ2v) is 6.68. The molecular weight excluding hydrogens is 503 g/mol. The fourth-order valence-electron chi connectivity index (χ4n) is 2.63. The van der Waals surface area contributed by atoms with Crippen LogP contribution < -0.4 is 20.7 Å². The number of aliphatic imine (C=N–C) groups is 1. The van der Waals surface area contributed by atoms with Gasteiger partial charge in [-0.1, -0.05) is 23.7 Å². The molecule has 2 rings (SSSR count). The van der Waals surface area contributed by atoms with Gasteiger partial charge in [-0.05, 0) is 54.8 Å². The van der Waals surface area contributed by atoms with Crippen molar-refractivity contribution in [2.24, 2.45) is 4.99 Å². The summed E-state index contributed by atoms with van der Waals surface area (Å²) < 4.78 is 5.36. The third-order valence-electron chi connectivity index (χ3n) is 4.21. The predicted octanol–water partition coefficient (Wildman–Crippen LogP) is 3.41. The van der Waals surface area contributed by atoms with Crippen molar-refractivity contribution in [3.05, 3.63) is 64.2 Å². The summed E-state index contributed by atoms with van der Waals surface area (Å²) in [7, 11) is 3.40. The molecule has 158 valence electrons. The molecule has 1 amide bonds. The minimum absolute atomic E-state index is 0. The fraction of sp³-hybridized carbons (Fsp3) is 0.333. The first-order valence-electron chi connectivity index (χ1n) is 9.15. The molecule has 0 aliphatic heterocycles. The Balaban J connectivity index is 0.00000420. The molecule has 8 heteroatoms. The number of rotatable bonds is 8. The molecular formula is C21H28ClIN4O2. The van der Waals surface area contributed by atoms with E-state index in [1.165, 1.54) is 5.56 Å². The number of benzene rings is 2. The zero-order valence-electron chi connectivity index (χ0n) is 16.9. The van der Waals surface area contributed by atoms with Gasteiger partial charge in [0.05, 0.1) is 7.11 Å². The van der Waals surface area contributed by atoms with E-state index in [-0.39, 0.29) is 29.9 Å². The van der Waals surface area contributed by atoms with Gasteiger partial charge in [0, 0.05) is 37.3 Å². The lowest BCUT2D eigenvalue weighted by Gasteiger charge is -2.13. The van der Waals surface area contributed by atoms with Crippen LogP contribution in [-0.2, 0) is 6.42 Å². The van der Waals surface area contributed by atoms with Gasteiger partial charge in [-0.2, -0.15) is 0 Å². The fourth-order valence-corrected chi connectivity index (χ4v) is 2.75. The molecule has 0 aliphatic rings. The average Bonchev–Trinajstić information content (AvgIpc) is 2.71. The van der Waals surface area contributed by atoms with Crippen molar-refractivity contribution < 1.29 is 9.53 Å². The smallest absolute Gasteiger partial charge is 0.251 e. The van der Waals surface area contributed by atoms with E-state index >= 15 is 0 Å². The Labute approximate surface area is 194 Å². The molecule has 0 fully saturated rings. The van der Waals surface area contributed by atoms with Crippen LogP contribution in [0.25, 0.3) is 0 Å². The first-order chi connectivity index (χ1) is 13.5. The molecule has 0 radical (unpaired) electrons. The minimum atomic E-state index is -0.130. The molecule has 3 N–H and O–H groups in total. The van der Waals surface area contributed by atoms with Gasteiger partial charge in [0.2, 0.25) is 0 Å². The molecule has 0 atom stereocenters. The van der Waals surface area contributed by atoms with Crippen LogP contribution in [0.5, 0.6) is 5.75 Å². The van der Waals surface area contributed by atoms with E-state index < -0.39 is 0 Å². The Bertz CT molecular complexity index is 813. The quantitative estimate of drug-likeness (QED) is 0.212. The van der Waals surface area contributed by atoms with Crippen molar-refractivity contribution >= 4 is 47.4 Å². The zero-order valence-corrected chi connectivity index (χ0v) is 20.0. The minimum Gasteiger partial charge on any atom is -0.496 e. The maximum absolute atomic E-state index is 12.0. The van der Waals surface area contributed by atoms with Crippen molar-refractivity contribution in [1.82, 2.24) is 16.0 Å². The summed E-state index contributed by atoms with van der Waals surface area (Å²) in [6.45, 7) is 3.82. The molecule has 2 aromatic rings. The van der Waals surface area contributed by atoms with Crippen LogP contribution in [-0.4, -0.2) is 45.7 Å². The number of halogens is 2. The number of guanidine groups is 1. The van der Waals surface area contributed by atoms with E-state index in [2.05, 4.69) is 39.1 Å². The Morgan fingerprint density at radius 1 is 1.03 bits per heavy atom. The van der Waals surface area contributed by atoms with Crippen molar-refractivity contribution in [3.63, 3.8) is 0 Å². The van der Waals surface area contributed by atoms with Crippen LogP contribution in [0.15, 0.2) is 47.5 Å². The number of aryl methyl sites for hydroxylation is 1. The molecule has 0 heterocycles. The van der Waals surface area contributed by atoms with Crippen molar-refractivity contribution in [3.8, 4) is 5.75 Å². The Hall–Kier alpha value is -2.00. The summed E-state index contributed by atoms with van der Waals surface area (Å²) >= 11 is 5.83. The summed E-state index contributed by atoms with van der Waals surface area (Å²) in [5.41, 5.74) is 2.90. The zero-order chi connectivity index (χ0) is 20.4. The van der Waals surface area contributed by atoms with Crippen molar-refractivity contribution in [2.75, 3.05) is 33.8 Å². The van der Waals surface area contributed by atoms with Gasteiger partial charge >= 0.3 is 0 Å². The summed E-state index contributed by atoms with van der Waals surface area (Å²) in [4.78, 5) is 16.2. The maximum atomic E-state index is 12.0. The SMILES string of the molecule is CN=C(NCCNC(=O)c1ccc(Cl)cc1)NCCc1ccc(C)c(OC)c1.I. The van der Waals surface area contributed by atoms with Crippen molar-refractivity contribution in [2.45, 2.75) is 13.3 Å². The van der Waals surface area contributed by atoms with E-state index in [9.17, 15) is 4.79 Å². The standard InChI is InChI=1S/C21H27ClN4O2.HI/c1-15-4-5-16(14-19(15)28-3)10-11-25-21(23-2)26-13-12-24-20(27)17-6-8-18(22)9-7-17;/h4-9,14H,10-13H2,1-3H3,(H,24,27)(H2,23,25,26);1H. The van der Waals surface area contributed by atoms with Crippen LogP contribution in [0.3, 0.4) is 0 Å². The van der Waals surface area contributed by atoms with E-state index in [0.29, 0.717) is 29.6 Å². The summed E-state index contributed by atoms with van der Waals surface area (Å²) in [6.07, 6.45) is 0.852. The second kappa shape index (κ2) is 13.3. The molecule has 0 aliphatic carbocycles. The van der Waals surface area contributed by atoms with Gasteiger partial charge in [-0.15, -0.1) is 24.0 Å². The lowest BCUT2D eigenvalue weighted by atomic mass is 10.1. The molecule has 0 saturated carbocycles. The summed E-state index contributed by atoms with van der Waals surface area (Å²) in [5, 5.41) is 9.91. The highest BCUT2D eigenvalue weighted by molar-refractivity contribution is 14.0. The number of amides is 1. The molecule has 0 aromatic heterocycles. The number of carbonyl (C=O) groups excluding carboxylic acids is 1. The van der Waals surface area contributed by atoms with Gasteiger partial charge in [0.1, 0.15) is 5.75 Å². The third-order valence-corrected chi connectivity index (χ3v) is 4.46. The van der Waals surface area contributed by atoms with E-state index in [0.717, 1.165) is 24.3 Å². The van der Waals surface area contributed by atoms with Crippen LogP contribution in [0.4, 0.5) is 0 Å². The highest BCUT2D eigenvalue weighted by Gasteiger charge is 2.05. The largest absolute Gasteiger partial charge is 0.496 e. The van der Waals surface area contributed by atoms with Gasteiger partial charge in [-0.25, -0.2) is 0 Å². The Morgan fingerprint density at radius 3 is 2.34 bits per heavy atom. The molecule has 2 aromatic carbocycles. The van der Waals surface area contributed by atoms with Crippen molar-refractivity contribution in [1.29, 1.82) is 0 Å². The molecule has 0 spiro atoms. The van der Waals surface area contributed by atoms with Gasteiger partial charge in [0.15, 0.2) is 5.96 Å². The summed E-state index contributed by atoms with van der Waals surface area (Å²) in [6, 6.07) is 13.0. The van der Waals surface area contributed by atoms with E-state index in [1.54, 1.807) is 38.4 Å². The van der Waals surface area contributed by atoms with E-state index in [4.69, 9.17) is 16.3 Å². The lowest BCUT2D eigenvalue weighted by Crippen LogP contribution is -2.42. The van der Waals surface area contributed by atoms with Crippen LogP contribution in [0.1, 0.15) is 21.5 Å². The number of carbonyl (C=O) groups is 1. The second-order valence-electron chi connectivity index (χ2n) is 6.24. The number of hydrogen-bond acceptors (Lipinski definition) is 3. The number of methoxy groups -OCH3 is 1. The topological polar surface area (TPSA) is 74.8 Å². The molecule has 0 saturated heterocycles. The van der Waals surface area contributed by atoms with Gasteiger partial charge in [-0.3, -0.25) is 9.79 Å². The normalized spacial score (nSPS) is 10.7. The van der Waals surface area contributed by atoms with E-state index in [1.807, 2.05) is 6.92 Å². The van der Waals surface area contributed by atoms with Crippen LogP contribution in [0, 0.1) is 6.92 Å². The van der Waals surface area contributed by atoms with Crippen LogP contribution in [0.2, 0.25) is 5.02 Å². The average molecular weight is 531 g/mol. The van der Waals surface area contributed by atoms with Gasteiger partial charge < -0.3 is 20.7 Å². The molecule has 29 heavy (non-hydrogen) atoms. The maximum Gasteiger partial charge on any atom is 0.251 e. The third kappa shape index (κ3) is 8.49. The molecule has 0 bridgehead atoms. The number of nitrogens with one attached hydrogen (secondary N) is 3. The number of hydrogen-bond donors (Lipinski definition) is 3. The Morgan fingerprint density at radius 2 is 1.69 bits per heavy atom. The number of nitrogens with zero attached hydrogens (tertiary/aromatic N) is 1.